The van der Waals surface area contributed by atoms with Crippen LogP contribution in [0.4, 0.5) is 0 Å². The maximum Gasteiger partial charge on any atom is 0.320 e. The monoisotopic (exact) mass is 207 g/mol. The number of rotatable bonds is 3. The van der Waals surface area contributed by atoms with E-state index in [-0.39, 0.29) is 17.2 Å². The van der Waals surface area contributed by atoms with Crippen molar-refractivity contribution < 1.29 is 15.4 Å². The number of imidazole rings is 1. The van der Waals surface area contributed by atoms with Crippen LogP contribution in [0, 0.1) is 0 Å². The van der Waals surface area contributed by atoms with Gasteiger partial charge in [0.05, 0.1) is 0 Å². The Hall–Kier alpha value is -1.11. The van der Waals surface area contributed by atoms with E-state index in [0.717, 1.165) is 0 Å². The SMILES string of the molecule is NC(Cc1cnc(Cl)[nH]1)C(=O)O.O. The zero-order valence-electron chi connectivity index (χ0n) is 6.62. The van der Waals surface area contributed by atoms with Gasteiger partial charge in [-0.2, -0.15) is 0 Å². The average molecular weight is 208 g/mol. The Morgan fingerprint density at radius 2 is 2.46 bits per heavy atom. The number of nitrogens with two attached hydrogens (primary N) is 1. The number of hydrogen-bond acceptors (Lipinski definition) is 3. The molecule has 7 heteroatoms. The lowest BCUT2D eigenvalue weighted by Gasteiger charge is -2.02. The Morgan fingerprint density at radius 1 is 1.85 bits per heavy atom. The molecule has 74 valence electrons. The van der Waals surface area contributed by atoms with Crippen LogP contribution in [0.2, 0.25) is 5.28 Å². The van der Waals surface area contributed by atoms with Crippen LogP contribution in [0.5, 0.6) is 0 Å². The molecule has 1 atom stereocenters. The number of hydrogen-bond donors (Lipinski definition) is 3. The highest BCUT2D eigenvalue weighted by molar-refractivity contribution is 6.28. The second kappa shape index (κ2) is 4.80. The van der Waals surface area contributed by atoms with Crippen molar-refractivity contribution in [1.29, 1.82) is 0 Å². The third-order valence-corrected chi connectivity index (χ3v) is 1.55. The van der Waals surface area contributed by atoms with Gasteiger partial charge in [-0.3, -0.25) is 4.79 Å². The molecule has 0 saturated heterocycles. The number of carboxylic acids is 1. The van der Waals surface area contributed by atoms with Gasteiger partial charge in [0.15, 0.2) is 5.28 Å². The summed E-state index contributed by atoms with van der Waals surface area (Å²) in [6.45, 7) is 0. The normalized spacial score (nSPS) is 11.8. The van der Waals surface area contributed by atoms with Crippen LogP contribution in [-0.4, -0.2) is 32.6 Å². The molecule has 1 heterocycles. The highest BCUT2D eigenvalue weighted by atomic mass is 35.5. The number of halogens is 1. The molecule has 0 aliphatic rings. The van der Waals surface area contributed by atoms with E-state index >= 15 is 0 Å². The van der Waals surface area contributed by atoms with E-state index in [9.17, 15) is 4.79 Å². The molecule has 0 bridgehead atoms. The first-order valence-corrected chi connectivity index (χ1v) is 3.65. The third-order valence-electron chi connectivity index (χ3n) is 1.35. The van der Waals surface area contributed by atoms with Crippen LogP contribution in [-0.2, 0) is 11.2 Å². The van der Waals surface area contributed by atoms with Crippen molar-refractivity contribution in [2.45, 2.75) is 12.5 Å². The molecule has 0 radical (unpaired) electrons. The van der Waals surface area contributed by atoms with E-state index in [4.69, 9.17) is 22.4 Å². The smallest absolute Gasteiger partial charge is 0.320 e. The number of aromatic nitrogens is 2. The topological polar surface area (TPSA) is 124 Å². The van der Waals surface area contributed by atoms with Gasteiger partial charge in [0.2, 0.25) is 0 Å². The van der Waals surface area contributed by atoms with E-state index in [1.807, 2.05) is 0 Å². The van der Waals surface area contributed by atoms with Crippen LogP contribution >= 0.6 is 11.6 Å². The van der Waals surface area contributed by atoms with Crippen LogP contribution in [0.25, 0.3) is 0 Å². The Labute approximate surface area is 79.0 Å². The summed E-state index contributed by atoms with van der Waals surface area (Å²) in [7, 11) is 0. The lowest BCUT2D eigenvalue weighted by atomic mass is 10.2. The molecule has 1 rings (SSSR count). The first-order valence-electron chi connectivity index (χ1n) is 3.27. The fourth-order valence-corrected chi connectivity index (χ4v) is 0.930. The molecule has 0 aliphatic carbocycles. The predicted octanol–water partition coefficient (Wildman–Crippen LogP) is -0.807. The number of carboxylic acid groups (broad SMARTS) is 1. The van der Waals surface area contributed by atoms with Crippen molar-refractivity contribution in [2.24, 2.45) is 5.73 Å². The largest absolute Gasteiger partial charge is 0.480 e. The molecule has 6 nitrogen and oxygen atoms in total. The third kappa shape index (κ3) is 3.41. The van der Waals surface area contributed by atoms with Gasteiger partial charge in [-0.1, -0.05) is 0 Å². The molecule has 0 amide bonds. The summed E-state index contributed by atoms with van der Waals surface area (Å²) in [5.74, 6) is -1.04. The van der Waals surface area contributed by atoms with Gasteiger partial charge < -0.3 is 21.3 Å². The Bertz CT molecular complexity index is 288. The summed E-state index contributed by atoms with van der Waals surface area (Å²) in [4.78, 5) is 16.7. The van der Waals surface area contributed by atoms with Crippen LogP contribution < -0.4 is 5.73 Å². The quantitative estimate of drug-likeness (QED) is 0.600. The molecular weight excluding hydrogens is 198 g/mol. The van der Waals surface area contributed by atoms with Gasteiger partial charge in [-0.15, -0.1) is 0 Å². The van der Waals surface area contributed by atoms with Crippen molar-refractivity contribution in [2.75, 3.05) is 0 Å². The summed E-state index contributed by atoms with van der Waals surface area (Å²) in [5.41, 5.74) is 5.89. The number of aliphatic carboxylic acids is 1. The maximum absolute atomic E-state index is 10.3. The van der Waals surface area contributed by atoms with Gasteiger partial charge in [0.1, 0.15) is 6.04 Å². The van der Waals surface area contributed by atoms with E-state index < -0.39 is 12.0 Å². The molecule has 0 fully saturated rings. The molecule has 0 aromatic carbocycles. The highest BCUT2D eigenvalue weighted by Gasteiger charge is 2.12. The van der Waals surface area contributed by atoms with Gasteiger partial charge in [-0.25, -0.2) is 4.98 Å². The van der Waals surface area contributed by atoms with Crippen molar-refractivity contribution >= 4 is 17.6 Å². The molecule has 13 heavy (non-hydrogen) atoms. The molecule has 1 unspecified atom stereocenters. The molecule has 0 aliphatic heterocycles. The Balaban J connectivity index is 0.00000144. The summed E-state index contributed by atoms with van der Waals surface area (Å²) < 4.78 is 0. The van der Waals surface area contributed by atoms with Crippen LogP contribution in [0.15, 0.2) is 6.20 Å². The predicted molar refractivity (Wildman–Crippen MR) is 46.5 cm³/mol. The second-order valence-corrected chi connectivity index (χ2v) is 2.71. The number of nitrogens with one attached hydrogen (secondary N) is 1. The van der Waals surface area contributed by atoms with E-state index in [2.05, 4.69) is 9.97 Å². The fourth-order valence-electron chi connectivity index (χ4n) is 0.760. The first kappa shape index (κ1) is 11.9. The van der Waals surface area contributed by atoms with Gasteiger partial charge in [0.25, 0.3) is 0 Å². The molecule has 0 saturated carbocycles. The zero-order valence-corrected chi connectivity index (χ0v) is 7.38. The van der Waals surface area contributed by atoms with Gasteiger partial charge in [-0.05, 0) is 11.6 Å². The van der Waals surface area contributed by atoms with Crippen molar-refractivity contribution in [3.05, 3.63) is 17.2 Å². The summed E-state index contributed by atoms with van der Waals surface area (Å²) >= 11 is 5.47. The molecular formula is C6H10ClN3O3. The van der Waals surface area contributed by atoms with Crippen molar-refractivity contribution in [3.63, 3.8) is 0 Å². The van der Waals surface area contributed by atoms with E-state index in [1.54, 1.807) is 0 Å². The second-order valence-electron chi connectivity index (χ2n) is 2.35. The molecule has 1 aromatic rings. The molecule has 6 N–H and O–H groups in total. The lowest BCUT2D eigenvalue weighted by molar-refractivity contribution is -0.138. The molecule has 0 spiro atoms. The fraction of sp³-hybridized carbons (Fsp3) is 0.333. The molecule has 1 aromatic heterocycles. The zero-order chi connectivity index (χ0) is 9.14. The van der Waals surface area contributed by atoms with Crippen LogP contribution in [0.3, 0.4) is 0 Å². The Morgan fingerprint density at radius 3 is 2.85 bits per heavy atom. The standard InChI is InChI=1S/C6H8ClN3O2.H2O/c7-6-9-2-3(10-6)1-4(8)5(11)12;/h2,4H,1,8H2,(H,9,10)(H,11,12);1H2. The summed E-state index contributed by atoms with van der Waals surface area (Å²) in [5, 5.41) is 8.70. The minimum atomic E-state index is -1.04. The number of carbonyl (C=O) groups is 1. The minimum Gasteiger partial charge on any atom is -0.480 e. The first-order chi connectivity index (χ1) is 5.59. The minimum absolute atomic E-state index is 0. The van der Waals surface area contributed by atoms with Gasteiger partial charge in [0, 0.05) is 18.3 Å². The Kier molecular flexibility index (Phi) is 4.39. The van der Waals surface area contributed by atoms with Crippen LogP contribution in [0.1, 0.15) is 5.69 Å². The highest BCUT2D eigenvalue weighted by Crippen LogP contribution is 2.04. The van der Waals surface area contributed by atoms with E-state index in [1.165, 1.54) is 6.20 Å². The summed E-state index contributed by atoms with van der Waals surface area (Å²) in [6.07, 6.45) is 1.67. The van der Waals surface area contributed by atoms with Crippen molar-refractivity contribution in [1.82, 2.24) is 9.97 Å². The maximum atomic E-state index is 10.3. The number of nitrogens with zero attached hydrogens (tertiary/aromatic N) is 1. The van der Waals surface area contributed by atoms with E-state index in [0.29, 0.717) is 5.69 Å². The lowest BCUT2D eigenvalue weighted by Crippen LogP contribution is -2.32. The number of aromatic amines is 1. The summed E-state index contributed by atoms with van der Waals surface area (Å²) in [6, 6.07) is -0.915. The number of H-pyrrole nitrogens is 1. The van der Waals surface area contributed by atoms with Crippen molar-refractivity contribution in [3.8, 4) is 0 Å². The van der Waals surface area contributed by atoms with Gasteiger partial charge >= 0.3 is 5.97 Å². The average Bonchev–Trinajstić information content (AvgIpc) is 2.35.